The number of fused-ring (bicyclic) bond motifs is 1. The molecule has 4 rings (SSSR count). The van der Waals surface area contributed by atoms with Crippen molar-refractivity contribution in [3.05, 3.63) is 18.3 Å². The van der Waals surface area contributed by atoms with Crippen LogP contribution in [0.5, 0.6) is 0 Å². The molecule has 1 amide bonds. The first-order valence-corrected chi connectivity index (χ1v) is 9.18. The number of rotatable bonds is 4. The molecule has 2 aliphatic rings. The molecule has 6 nitrogen and oxygen atoms in total. The van der Waals surface area contributed by atoms with Crippen LogP contribution in [0.15, 0.2) is 18.3 Å². The Balaban J connectivity index is 0.00000196. The van der Waals surface area contributed by atoms with Crippen LogP contribution in [0.3, 0.4) is 0 Å². The van der Waals surface area contributed by atoms with Gasteiger partial charge in [0.1, 0.15) is 5.52 Å². The molecule has 1 aliphatic carbocycles. The summed E-state index contributed by atoms with van der Waals surface area (Å²) in [6, 6.07) is 4.20. The summed E-state index contributed by atoms with van der Waals surface area (Å²) in [5, 5.41) is 3.02. The van der Waals surface area contributed by atoms with E-state index in [9.17, 15) is 4.79 Å². The van der Waals surface area contributed by atoms with E-state index in [1.165, 1.54) is 6.42 Å². The molecular weight excluding hydrogens is 328 g/mol. The number of ether oxygens (including phenoxy) is 1. The minimum Gasteiger partial charge on any atom is -0.369 e. The van der Waals surface area contributed by atoms with Crippen LogP contribution in [-0.4, -0.2) is 31.6 Å². The fourth-order valence-corrected chi connectivity index (χ4v) is 3.98. The van der Waals surface area contributed by atoms with E-state index in [0.717, 1.165) is 36.8 Å². The summed E-state index contributed by atoms with van der Waals surface area (Å²) in [7, 11) is 0. The molecular formula is C20H30N4O2. The highest BCUT2D eigenvalue weighted by Gasteiger charge is 2.42. The number of hydrogen-bond acceptors (Lipinski definition) is 4. The van der Waals surface area contributed by atoms with Crippen molar-refractivity contribution in [2.24, 2.45) is 0 Å². The highest BCUT2D eigenvalue weighted by molar-refractivity contribution is 5.91. The maximum Gasteiger partial charge on any atom is 0.229 e. The van der Waals surface area contributed by atoms with E-state index < -0.39 is 5.60 Å². The monoisotopic (exact) mass is 358 g/mol. The zero-order valence-corrected chi connectivity index (χ0v) is 15.2. The number of aromatic nitrogens is 3. The molecule has 26 heavy (non-hydrogen) atoms. The first kappa shape index (κ1) is 18.8. The van der Waals surface area contributed by atoms with Gasteiger partial charge < -0.3 is 4.74 Å². The average Bonchev–Trinajstić information content (AvgIpc) is 2.95. The van der Waals surface area contributed by atoms with Crippen molar-refractivity contribution >= 4 is 23.0 Å². The second-order valence-corrected chi connectivity index (χ2v) is 8.27. The van der Waals surface area contributed by atoms with Gasteiger partial charge in [-0.15, -0.1) is 0 Å². The summed E-state index contributed by atoms with van der Waals surface area (Å²) in [4.78, 5) is 21.8. The molecule has 1 saturated heterocycles. The van der Waals surface area contributed by atoms with E-state index >= 15 is 0 Å². The molecule has 142 valence electrons. The lowest BCUT2D eigenvalue weighted by Gasteiger charge is -2.29. The minimum absolute atomic E-state index is 0. The number of hydrogen-bond donors (Lipinski definition) is 1. The van der Waals surface area contributed by atoms with Crippen LogP contribution in [0.1, 0.15) is 72.8 Å². The Morgan fingerprint density at radius 3 is 2.73 bits per heavy atom. The first-order valence-electron chi connectivity index (χ1n) is 9.18. The third-order valence-electron chi connectivity index (χ3n) is 5.45. The second-order valence-electron chi connectivity index (χ2n) is 8.27. The van der Waals surface area contributed by atoms with Crippen molar-refractivity contribution in [3.63, 3.8) is 0 Å². The molecule has 3 heterocycles. The van der Waals surface area contributed by atoms with Gasteiger partial charge >= 0.3 is 0 Å². The Morgan fingerprint density at radius 2 is 2.12 bits per heavy atom. The quantitative estimate of drug-likeness (QED) is 0.875. The molecule has 1 atom stereocenters. The lowest BCUT2D eigenvalue weighted by atomic mass is 9.93. The smallest absolute Gasteiger partial charge is 0.229 e. The van der Waals surface area contributed by atoms with Gasteiger partial charge in [0.25, 0.3) is 0 Å². The van der Waals surface area contributed by atoms with Crippen molar-refractivity contribution < 1.29 is 9.53 Å². The fraction of sp³-hybridized carbons (Fsp3) is 0.650. The van der Waals surface area contributed by atoms with Crippen molar-refractivity contribution in [1.82, 2.24) is 14.5 Å². The fourth-order valence-electron chi connectivity index (χ4n) is 3.98. The van der Waals surface area contributed by atoms with E-state index in [-0.39, 0.29) is 18.9 Å². The number of imidazole rings is 1. The van der Waals surface area contributed by atoms with Gasteiger partial charge in [0.05, 0.1) is 17.6 Å². The molecule has 1 aliphatic heterocycles. The summed E-state index contributed by atoms with van der Waals surface area (Å²) < 4.78 is 8.21. The molecule has 0 radical (unpaired) electrons. The SMILES string of the molecule is C.CC1(C)CCC(C)(CC(=O)Nc2nc3cccnc3n2C2CCC2)O1. The topological polar surface area (TPSA) is 69.0 Å². The van der Waals surface area contributed by atoms with Gasteiger partial charge in [-0.3, -0.25) is 14.7 Å². The number of anilines is 1. The van der Waals surface area contributed by atoms with Gasteiger partial charge in [0.2, 0.25) is 11.9 Å². The highest BCUT2D eigenvalue weighted by Crippen LogP contribution is 2.40. The van der Waals surface area contributed by atoms with Gasteiger partial charge in [-0.25, -0.2) is 9.97 Å². The number of nitrogens with zero attached hydrogens (tertiary/aromatic N) is 3. The van der Waals surface area contributed by atoms with Crippen LogP contribution in [-0.2, 0) is 9.53 Å². The lowest BCUT2D eigenvalue weighted by molar-refractivity contribution is -0.126. The molecule has 2 aromatic rings. The molecule has 0 spiro atoms. The van der Waals surface area contributed by atoms with Gasteiger partial charge in [-0.1, -0.05) is 7.43 Å². The minimum atomic E-state index is -0.404. The molecule has 1 saturated carbocycles. The molecule has 1 unspecified atom stereocenters. The third-order valence-corrected chi connectivity index (χ3v) is 5.45. The van der Waals surface area contributed by atoms with Crippen molar-refractivity contribution in [2.45, 2.75) is 84.0 Å². The zero-order chi connectivity index (χ0) is 17.7. The number of nitrogens with one attached hydrogen (secondary N) is 1. The maximum absolute atomic E-state index is 12.7. The summed E-state index contributed by atoms with van der Waals surface area (Å²) in [6.07, 6.45) is 7.43. The van der Waals surface area contributed by atoms with E-state index in [2.05, 4.69) is 33.7 Å². The lowest BCUT2D eigenvalue weighted by Crippen LogP contribution is -2.34. The van der Waals surface area contributed by atoms with E-state index in [0.29, 0.717) is 18.4 Å². The summed E-state index contributed by atoms with van der Waals surface area (Å²) in [5.41, 5.74) is 1.12. The summed E-state index contributed by atoms with van der Waals surface area (Å²) >= 11 is 0. The Kier molecular flexibility index (Phi) is 4.82. The first-order chi connectivity index (χ1) is 11.9. The molecule has 1 N–H and O–H groups in total. The van der Waals surface area contributed by atoms with Crippen LogP contribution < -0.4 is 5.32 Å². The number of amides is 1. The largest absolute Gasteiger partial charge is 0.369 e. The van der Waals surface area contributed by atoms with Gasteiger partial charge in [-0.2, -0.15) is 0 Å². The third kappa shape index (κ3) is 3.47. The molecule has 2 aromatic heterocycles. The standard InChI is InChI=1S/C19H26N4O2.CH4/c1-18(2)9-10-19(3,25-18)12-15(24)22-17-21-14-8-5-11-20-16(14)23(17)13-6-4-7-13;/h5,8,11,13H,4,6-7,9-10,12H2,1-3H3,(H,21,22,24);1H4. The molecule has 2 fully saturated rings. The predicted molar refractivity (Wildman–Crippen MR) is 103 cm³/mol. The Hall–Kier alpha value is -1.95. The highest BCUT2D eigenvalue weighted by atomic mass is 16.5. The van der Waals surface area contributed by atoms with Crippen molar-refractivity contribution in [2.75, 3.05) is 5.32 Å². The average molecular weight is 358 g/mol. The summed E-state index contributed by atoms with van der Waals surface area (Å²) in [5.74, 6) is 0.570. The van der Waals surface area contributed by atoms with Crippen LogP contribution in [0.4, 0.5) is 5.95 Å². The zero-order valence-electron chi connectivity index (χ0n) is 15.2. The molecule has 0 bridgehead atoms. The number of carbonyl (C=O) groups excluding carboxylic acids is 1. The Bertz CT molecular complexity index is 809. The van der Waals surface area contributed by atoms with Crippen molar-refractivity contribution in [1.29, 1.82) is 0 Å². The van der Waals surface area contributed by atoms with Crippen LogP contribution in [0, 0.1) is 0 Å². The summed E-state index contributed by atoms with van der Waals surface area (Å²) in [6.45, 7) is 6.19. The van der Waals surface area contributed by atoms with E-state index in [4.69, 9.17) is 4.74 Å². The Labute approximate surface area is 155 Å². The maximum atomic E-state index is 12.7. The van der Waals surface area contributed by atoms with Crippen molar-refractivity contribution in [3.8, 4) is 0 Å². The van der Waals surface area contributed by atoms with E-state index in [1.54, 1.807) is 6.20 Å². The van der Waals surface area contributed by atoms with Crippen LogP contribution in [0.25, 0.3) is 11.2 Å². The van der Waals surface area contributed by atoms with Crippen LogP contribution >= 0.6 is 0 Å². The predicted octanol–water partition coefficient (Wildman–Crippen LogP) is 4.47. The second kappa shape index (κ2) is 6.65. The molecule has 0 aromatic carbocycles. The van der Waals surface area contributed by atoms with Gasteiger partial charge in [0.15, 0.2) is 5.65 Å². The van der Waals surface area contributed by atoms with Crippen LogP contribution in [0.2, 0.25) is 0 Å². The van der Waals surface area contributed by atoms with E-state index in [1.807, 2.05) is 19.1 Å². The Morgan fingerprint density at radius 1 is 1.35 bits per heavy atom. The number of carbonyl (C=O) groups is 1. The van der Waals surface area contributed by atoms with Gasteiger partial charge in [0, 0.05) is 12.2 Å². The number of pyridine rings is 1. The van der Waals surface area contributed by atoms with Gasteiger partial charge in [-0.05, 0) is 65.0 Å². The normalized spacial score (nSPS) is 24.9. The molecule has 6 heteroatoms.